The van der Waals surface area contributed by atoms with Crippen molar-refractivity contribution in [3.63, 3.8) is 0 Å². The average Bonchev–Trinajstić information content (AvgIpc) is 3.23. The van der Waals surface area contributed by atoms with Crippen molar-refractivity contribution >= 4 is 43.1 Å². The van der Waals surface area contributed by atoms with Gasteiger partial charge in [-0.3, -0.25) is 0 Å². The van der Waals surface area contributed by atoms with Crippen molar-refractivity contribution < 1.29 is 0 Å². The molecule has 0 aliphatic rings. The van der Waals surface area contributed by atoms with Gasteiger partial charge in [0.2, 0.25) is 0 Å². The number of fused-ring (bicyclic) bond motifs is 5. The van der Waals surface area contributed by atoms with E-state index in [1.165, 1.54) is 98.7 Å². The van der Waals surface area contributed by atoms with Gasteiger partial charge in [0.25, 0.3) is 0 Å². The van der Waals surface area contributed by atoms with Gasteiger partial charge in [-0.15, -0.1) is 0 Å². The van der Waals surface area contributed by atoms with Gasteiger partial charge in [0.15, 0.2) is 0 Å². The monoisotopic (exact) mass is 658 g/mol. The highest BCUT2D eigenvalue weighted by Gasteiger charge is 2.19. The molecule has 0 saturated carbocycles. The van der Waals surface area contributed by atoms with Gasteiger partial charge in [-0.25, -0.2) is 0 Å². The fourth-order valence-electron chi connectivity index (χ4n) is 8.18. The van der Waals surface area contributed by atoms with Crippen LogP contribution in [0.5, 0.6) is 0 Å². The van der Waals surface area contributed by atoms with E-state index >= 15 is 0 Å². The van der Waals surface area contributed by atoms with Gasteiger partial charge >= 0.3 is 0 Å². The second kappa shape index (κ2) is 12.5. The molecule has 242 valence electrons. The summed E-state index contributed by atoms with van der Waals surface area (Å²) >= 11 is 0. The Morgan fingerprint density at radius 1 is 0.192 bits per heavy atom. The Morgan fingerprint density at radius 2 is 0.577 bits per heavy atom. The lowest BCUT2D eigenvalue weighted by atomic mass is 9.84. The molecule has 0 aliphatic heterocycles. The fourth-order valence-corrected chi connectivity index (χ4v) is 8.18. The quantitative estimate of drug-likeness (QED) is 0.128. The minimum atomic E-state index is 1.22. The zero-order chi connectivity index (χ0) is 34.4. The van der Waals surface area contributed by atoms with Crippen LogP contribution in [0, 0.1) is 0 Å². The molecule has 0 radical (unpaired) electrons. The second-order valence-corrected chi connectivity index (χ2v) is 13.6. The van der Waals surface area contributed by atoms with E-state index in [1.54, 1.807) is 0 Å². The summed E-state index contributed by atoms with van der Waals surface area (Å²) < 4.78 is 0. The summed E-state index contributed by atoms with van der Waals surface area (Å²) in [5, 5.41) is 10.1. The standard InChI is InChI=1S/C52H34/c1-3-13-35(14-4-1)37-23-27-39(28-24-37)51-46-21-11-12-22-47(46)52(40-29-25-38(26-30-40)36-15-5-2-6-16-36)50-34-42(31-32-48(50)51)49-33-41-17-7-8-18-43(41)44-19-9-10-20-45(44)49/h1-34H. The van der Waals surface area contributed by atoms with Gasteiger partial charge in [-0.05, 0) is 111 Å². The van der Waals surface area contributed by atoms with Crippen molar-refractivity contribution in [2.45, 2.75) is 0 Å². The van der Waals surface area contributed by atoms with Crippen LogP contribution in [-0.2, 0) is 0 Å². The minimum Gasteiger partial charge on any atom is -0.0622 e. The first-order chi connectivity index (χ1) is 25.8. The molecule has 0 amide bonds. The Morgan fingerprint density at radius 3 is 1.15 bits per heavy atom. The Hall–Kier alpha value is -6.76. The SMILES string of the molecule is c1ccc(-c2ccc(-c3c4ccccc4c(-c4ccc(-c5ccccc5)cc4)c4cc(-c5cc6ccccc6c6ccccc56)ccc34)cc2)cc1. The van der Waals surface area contributed by atoms with Crippen LogP contribution in [0.2, 0.25) is 0 Å². The van der Waals surface area contributed by atoms with Crippen LogP contribution >= 0.6 is 0 Å². The van der Waals surface area contributed by atoms with E-state index < -0.39 is 0 Å². The molecule has 0 aromatic heterocycles. The molecule has 0 aliphatic carbocycles. The highest BCUT2D eigenvalue weighted by molar-refractivity contribution is 6.23. The predicted octanol–water partition coefficient (Wildman–Crippen LogP) is 14.6. The molecule has 10 aromatic carbocycles. The topological polar surface area (TPSA) is 0 Å². The Kier molecular flexibility index (Phi) is 7.25. The summed E-state index contributed by atoms with van der Waals surface area (Å²) in [5.74, 6) is 0. The largest absolute Gasteiger partial charge is 0.0622 e. The normalized spacial score (nSPS) is 11.5. The molecule has 0 atom stereocenters. The first kappa shape index (κ1) is 30.1. The average molecular weight is 659 g/mol. The van der Waals surface area contributed by atoms with Crippen LogP contribution < -0.4 is 0 Å². The number of rotatable bonds is 5. The van der Waals surface area contributed by atoms with Crippen molar-refractivity contribution in [3.8, 4) is 55.6 Å². The lowest BCUT2D eigenvalue weighted by Gasteiger charge is -2.20. The summed E-state index contributed by atoms with van der Waals surface area (Å²) in [7, 11) is 0. The van der Waals surface area contributed by atoms with Gasteiger partial charge < -0.3 is 0 Å². The highest BCUT2D eigenvalue weighted by Crippen LogP contribution is 2.46. The Balaban J connectivity index is 1.25. The maximum atomic E-state index is 2.45. The molecule has 0 spiro atoms. The van der Waals surface area contributed by atoms with Crippen molar-refractivity contribution in [3.05, 3.63) is 206 Å². The molecule has 0 unspecified atom stereocenters. The molecule has 52 heavy (non-hydrogen) atoms. The van der Waals surface area contributed by atoms with Crippen molar-refractivity contribution in [2.24, 2.45) is 0 Å². The second-order valence-electron chi connectivity index (χ2n) is 13.6. The number of hydrogen-bond donors (Lipinski definition) is 0. The molecule has 0 heteroatoms. The number of benzene rings is 10. The molecular weight excluding hydrogens is 625 g/mol. The van der Waals surface area contributed by atoms with E-state index in [0.717, 1.165) is 0 Å². The molecule has 10 aromatic rings. The molecule has 0 bridgehead atoms. The molecule has 0 N–H and O–H groups in total. The van der Waals surface area contributed by atoms with Crippen LogP contribution in [0.1, 0.15) is 0 Å². The van der Waals surface area contributed by atoms with Crippen LogP contribution in [0.4, 0.5) is 0 Å². The molecular formula is C52H34. The van der Waals surface area contributed by atoms with E-state index in [1.807, 2.05) is 0 Å². The molecule has 0 fully saturated rings. The van der Waals surface area contributed by atoms with E-state index in [9.17, 15) is 0 Å². The summed E-state index contributed by atoms with van der Waals surface area (Å²) in [4.78, 5) is 0. The van der Waals surface area contributed by atoms with E-state index in [0.29, 0.717) is 0 Å². The maximum absolute atomic E-state index is 2.45. The smallest absolute Gasteiger partial charge is 0.00261 e. The lowest BCUT2D eigenvalue weighted by molar-refractivity contribution is 1.60. The third-order valence-corrected chi connectivity index (χ3v) is 10.7. The summed E-state index contributed by atoms with van der Waals surface area (Å²) in [6.07, 6.45) is 0. The maximum Gasteiger partial charge on any atom is -0.00261 e. The molecule has 0 saturated heterocycles. The lowest BCUT2D eigenvalue weighted by Crippen LogP contribution is -1.92. The third-order valence-electron chi connectivity index (χ3n) is 10.7. The fraction of sp³-hybridized carbons (Fsp3) is 0. The summed E-state index contributed by atoms with van der Waals surface area (Å²) in [6, 6.07) is 75.6. The van der Waals surface area contributed by atoms with Crippen LogP contribution in [0.25, 0.3) is 98.7 Å². The summed E-state index contributed by atoms with van der Waals surface area (Å²) in [5.41, 5.74) is 12.3. The van der Waals surface area contributed by atoms with Crippen molar-refractivity contribution in [2.75, 3.05) is 0 Å². The Bertz CT molecular complexity index is 2900. The van der Waals surface area contributed by atoms with E-state index in [2.05, 4.69) is 206 Å². The first-order valence-electron chi connectivity index (χ1n) is 18.0. The molecule has 0 heterocycles. The number of hydrogen-bond acceptors (Lipinski definition) is 0. The van der Waals surface area contributed by atoms with Gasteiger partial charge in [-0.2, -0.15) is 0 Å². The van der Waals surface area contributed by atoms with E-state index in [4.69, 9.17) is 0 Å². The van der Waals surface area contributed by atoms with Gasteiger partial charge in [0.05, 0.1) is 0 Å². The Labute approximate surface area is 303 Å². The first-order valence-corrected chi connectivity index (χ1v) is 18.0. The van der Waals surface area contributed by atoms with Gasteiger partial charge in [0.1, 0.15) is 0 Å². The third kappa shape index (κ3) is 5.08. The van der Waals surface area contributed by atoms with Crippen LogP contribution in [0.15, 0.2) is 206 Å². The molecule has 0 nitrogen and oxygen atoms in total. The van der Waals surface area contributed by atoms with Gasteiger partial charge in [0, 0.05) is 0 Å². The zero-order valence-corrected chi connectivity index (χ0v) is 28.6. The minimum absolute atomic E-state index is 1.22. The van der Waals surface area contributed by atoms with Crippen molar-refractivity contribution in [1.82, 2.24) is 0 Å². The molecule has 10 rings (SSSR count). The van der Waals surface area contributed by atoms with Gasteiger partial charge in [-0.1, -0.05) is 194 Å². The van der Waals surface area contributed by atoms with Crippen LogP contribution in [-0.4, -0.2) is 0 Å². The highest BCUT2D eigenvalue weighted by atomic mass is 14.2. The van der Waals surface area contributed by atoms with E-state index in [-0.39, 0.29) is 0 Å². The van der Waals surface area contributed by atoms with Crippen molar-refractivity contribution in [1.29, 1.82) is 0 Å². The summed E-state index contributed by atoms with van der Waals surface area (Å²) in [6.45, 7) is 0. The zero-order valence-electron chi connectivity index (χ0n) is 28.6. The van der Waals surface area contributed by atoms with Crippen LogP contribution in [0.3, 0.4) is 0 Å². The predicted molar refractivity (Wildman–Crippen MR) is 224 cm³/mol.